The highest BCUT2D eigenvalue weighted by Gasteiger charge is 2.21. The van der Waals surface area contributed by atoms with Crippen molar-refractivity contribution < 1.29 is 18.7 Å². The van der Waals surface area contributed by atoms with Gasteiger partial charge in [-0.2, -0.15) is 0 Å². The van der Waals surface area contributed by atoms with Gasteiger partial charge >= 0.3 is 5.69 Å². The van der Waals surface area contributed by atoms with Crippen molar-refractivity contribution in [3.63, 3.8) is 0 Å². The van der Waals surface area contributed by atoms with Gasteiger partial charge in [0.05, 0.1) is 14.2 Å². The molecule has 0 radical (unpaired) electrons. The van der Waals surface area contributed by atoms with Crippen molar-refractivity contribution in [2.75, 3.05) is 19.5 Å². The predicted molar refractivity (Wildman–Crippen MR) is 141 cm³/mol. The topological polar surface area (TPSA) is 105 Å². The van der Waals surface area contributed by atoms with Crippen molar-refractivity contribution >= 4 is 33.7 Å². The van der Waals surface area contributed by atoms with E-state index in [1.165, 1.54) is 18.8 Å². The molecular weight excluding hydrogens is 474 g/mol. The molecule has 0 fully saturated rings. The van der Waals surface area contributed by atoms with Gasteiger partial charge in [0.15, 0.2) is 11.5 Å². The van der Waals surface area contributed by atoms with E-state index in [0.29, 0.717) is 40.1 Å². The van der Waals surface area contributed by atoms with E-state index in [1.54, 1.807) is 42.5 Å². The number of amides is 1. The molecule has 2 heterocycles. The number of furan rings is 1. The first-order chi connectivity index (χ1) is 18.0. The van der Waals surface area contributed by atoms with Crippen LogP contribution in [-0.2, 0) is 24.3 Å². The number of aromatic nitrogens is 2. The number of carbonyl (C=O) groups is 1. The summed E-state index contributed by atoms with van der Waals surface area (Å²) in [7, 11) is 3.03. The lowest BCUT2D eigenvalue weighted by molar-refractivity contribution is -0.116. The maximum Gasteiger partial charge on any atom is 0.332 e. The largest absolute Gasteiger partial charge is 0.493 e. The molecule has 9 heteroatoms. The molecule has 2 aromatic heterocycles. The fourth-order valence-electron chi connectivity index (χ4n) is 4.38. The zero-order valence-corrected chi connectivity index (χ0v) is 20.4. The molecule has 9 nitrogen and oxygen atoms in total. The normalized spacial score (nSPS) is 11.1. The smallest absolute Gasteiger partial charge is 0.332 e. The second-order valence-electron chi connectivity index (χ2n) is 8.45. The van der Waals surface area contributed by atoms with E-state index in [9.17, 15) is 14.4 Å². The number of hydrogen-bond donors (Lipinski definition) is 1. The van der Waals surface area contributed by atoms with Crippen molar-refractivity contribution in [3.8, 4) is 11.5 Å². The monoisotopic (exact) mass is 499 g/mol. The first-order valence-electron chi connectivity index (χ1n) is 11.7. The second kappa shape index (κ2) is 10.1. The lowest BCUT2D eigenvalue weighted by Crippen LogP contribution is -2.41. The minimum atomic E-state index is -0.581. The highest BCUT2D eigenvalue weighted by molar-refractivity contribution is 6.03. The van der Waals surface area contributed by atoms with Crippen molar-refractivity contribution in [2.24, 2.45) is 0 Å². The van der Waals surface area contributed by atoms with Gasteiger partial charge in [-0.25, -0.2) is 4.79 Å². The van der Waals surface area contributed by atoms with Crippen LogP contribution in [-0.4, -0.2) is 29.3 Å². The van der Waals surface area contributed by atoms with Gasteiger partial charge in [0, 0.05) is 23.7 Å². The molecular formula is C28H25N3O6. The molecule has 5 rings (SSSR count). The fourth-order valence-corrected chi connectivity index (χ4v) is 4.38. The number of ether oxygens (including phenoxy) is 2. The van der Waals surface area contributed by atoms with Crippen LogP contribution in [0.5, 0.6) is 11.5 Å². The van der Waals surface area contributed by atoms with Gasteiger partial charge in [0.2, 0.25) is 11.5 Å². The van der Waals surface area contributed by atoms with Crippen molar-refractivity contribution in [1.82, 2.24) is 9.13 Å². The molecule has 1 N–H and O–H groups in total. The van der Waals surface area contributed by atoms with Gasteiger partial charge in [0.1, 0.15) is 17.6 Å². The molecule has 0 saturated carbocycles. The minimum Gasteiger partial charge on any atom is -0.493 e. The van der Waals surface area contributed by atoms with Crippen LogP contribution in [0.4, 0.5) is 5.69 Å². The van der Waals surface area contributed by atoms with Gasteiger partial charge in [-0.1, -0.05) is 42.5 Å². The number of anilines is 1. The van der Waals surface area contributed by atoms with E-state index in [-0.39, 0.29) is 18.7 Å². The van der Waals surface area contributed by atoms with Gasteiger partial charge in [-0.15, -0.1) is 0 Å². The molecule has 0 aliphatic rings. The summed E-state index contributed by atoms with van der Waals surface area (Å²) in [6.45, 7) is -0.176. The number of para-hydroxylation sites is 1. The van der Waals surface area contributed by atoms with Crippen molar-refractivity contribution in [3.05, 3.63) is 99.2 Å². The molecule has 0 unspecified atom stereocenters. The van der Waals surface area contributed by atoms with E-state index in [1.807, 2.05) is 30.3 Å². The van der Waals surface area contributed by atoms with Gasteiger partial charge in [-0.3, -0.25) is 18.7 Å². The Labute approximate surface area is 211 Å². The summed E-state index contributed by atoms with van der Waals surface area (Å²) in [4.78, 5) is 40.0. The molecule has 0 bridgehead atoms. The Hall–Kier alpha value is -4.79. The highest BCUT2D eigenvalue weighted by Crippen LogP contribution is 2.30. The highest BCUT2D eigenvalue weighted by atomic mass is 16.5. The number of nitrogens with zero attached hydrogens (tertiary/aromatic N) is 2. The summed E-state index contributed by atoms with van der Waals surface area (Å²) in [6.07, 6.45) is 0.472. The average molecular weight is 500 g/mol. The molecule has 1 amide bonds. The number of aryl methyl sites for hydroxylation is 1. The van der Waals surface area contributed by atoms with Crippen LogP contribution in [0.3, 0.4) is 0 Å². The van der Waals surface area contributed by atoms with Crippen molar-refractivity contribution in [2.45, 2.75) is 19.5 Å². The SMILES string of the molecule is COc1ccc(NC(=O)Cn2c(=O)n(CCc3ccccc3)c(=O)c3oc4ccccc4c32)cc1OC. The second-order valence-corrected chi connectivity index (χ2v) is 8.45. The lowest BCUT2D eigenvalue weighted by Gasteiger charge is -2.13. The number of benzene rings is 3. The standard InChI is InChI=1S/C28H25N3O6/c1-35-22-13-12-19(16-23(22)36-2)29-24(32)17-31-25-20-10-6-7-11-21(20)37-26(25)27(33)30(28(31)34)15-14-18-8-4-3-5-9-18/h3-13,16H,14-15,17H2,1-2H3,(H,29,32). The summed E-state index contributed by atoms with van der Waals surface area (Å²) >= 11 is 0. The maximum absolute atomic E-state index is 13.6. The van der Waals surface area contributed by atoms with E-state index in [4.69, 9.17) is 13.9 Å². The molecule has 5 aromatic rings. The Morgan fingerprint density at radius 2 is 1.62 bits per heavy atom. The summed E-state index contributed by atoms with van der Waals surface area (Å²) in [5.74, 6) is 0.526. The van der Waals surface area contributed by atoms with Crippen molar-refractivity contribution in [1.29, 1.82) is 0 Å². The molecule has 37 heavy (non-hydrogen) atoms. The first kappa shape index (κ1) is 23.9. The predicted octanol–water partition coefficient (Wildman–Crippen LogP) is 3.81. The Morgan fingerprint density at radius 1 is 0.892 bits per heavy atom. The first-order valence-corrected chi connectivity index (χ1v) is 11.7. The van der Waals surface area contributed by atoms with Crippen LogP contribution in [0.15, 0.2) is 86.8 Å². The third-order valence-electron chi connectivity index (χ3n) is 6.18. The zero-order chi connectivity index (χ0) is 25.9. The van der Waals surface area contributed by atoms with Gasteiger partial charge in [0.25, 0.3) is 5.56 Å². The number of methoxy groups -OCH3 is 2. The van der Waals surface area contributed by atoms with Gasteiger partial charge in [-0.05, 0) is 36.2 Å². The van der Waals surface area contributed by atoms with Crippen LogP contribution in [0.25, 0.3) is 22.1 Å². The maximum atomic E-state index is 13.6. The van der Waals surface area contributed by atoms with E-state index < -0.39 is 17.2 Å². The molecule has 0 saturated heterocycles. The third-order valence-corrected chi connectivity index (χ3v) is 6.18. The molecule has 3 aromatic carbocycles. The van der Waals surface area contributed by atoms with E-state index in [0.717, 1.165) is 10.1 Å². The van der Waals surface area contributed by atoms with E-state index in [2.05, 4.69) is 5.32 Å². The third kappa shape index (κ3) is 4.58. The molecule has 188 valence electrons. The van der Waals surface area contributed by atoms with Crippen LogP contribution >= 0.6 is 0 Å². The quantitative estimate of drug-likeness (QED) is 0.348. The van der Waals surface area contributed by atoms with E-state index >= 15 is 0 Å². The number of carbonyl (C=O) groups excluding carboxylic acids is 1. The molecule has 0 aliphatic carbocycles. The molecule has 0 spiro atoms. The number of fused-ring (bicyclic) bond motifs is 3. The Kier molecular flexibility index (Phi) is 6.51. The number of nitrogens with one attached hydrogen (secondary N) is 1. The van der Waals surface area contributed by atoms with Gasteiger partial charge < -0.3 is 19.2 Å². The fraction of sp³-hybridized carbons (Fsp3) is 0.179. The number of hydrogen-bond acceptors (Lipinski definition) is 6. The molecule has 0 aliphatic heterocycles. The van der Waals surface area contributed by atoms with Crippen LogP contribution in [0, 0.1) is 0 Å². The summed E-state index contributed by atoms with van der Waals surface area (Å²) in [6, 6.07) is 21.6. The average Bonchev–Trinajstić information content (AvgIpc) is 3.31. The Bertz CT molecular complexity index is 1720. The molecule has 0 atom stereocenters. The summed E-state index contributed by atoms with van der Waals surface area (Å²) < 4.78 is 18.8. The summed E-state index contributed by atoms with van der Waals surface area (Å²) in [5, 5.41) is 3.37. The van der Waals surface area contributed by atoms with Crippen LogP contribution in [0.1, 0.15) is 5.56 Å². The van der Waals surface area contributed by atoms with Crippen LogP contribution < -0.4 is 26.0 Å². The lowest BCUT2D eigenvalue weighted by atomic mass is 10.1. The number of rotatable bonds is 8. The Morgan fingerprint density at radius 3 is 2.38 bits per heavy atom. The zero-order valence-electron chi connectivity index (χ0n) is 20.4. The Balaban J connectivity index is 1.55. The van der Waals surface area contributed by atoms with Crippen LogP contribution in [0.2, 0.25) is 0 Å². The minimum absolute atomic E-state index is 0.0350. The summed E-state index contributed by atoms with van der Waals surface area (Å²) in [5.41, 5.74) is 1.14.